The molecule has 0 aromatic heterocycles. The van der Waals surface area contributed by atoms with E-state index in [9.17, 15) is 19.2 Å². The number of piperazine rings is 1. The second kappa shape index (κ2) is 6.21. The van der Waals surface area contributed by atoms with Crippen molar-refractivity contribution in [2.24, 2.45) is 0 Å². The zero-order valence-electron chi connectivity index (χ0n) is 11.9. The summed E-state index contributed by atoms with van der Waals surface area (Å²) in [4.78, 5) is 49.8. The number of nitrogens with one attached hydrogen (secondary N) is 1. The van der Waals surface area contributed by atoms with Crippen molar-refractivity contribution < 1.29 is 24.3 Å². The van der Waals surface area contributed by atoms with Crippen LogP contribution >= 0.6 is 0 Å². The van der Waals surface area contributed by atoms with E-state index >= 15 is 0 Å². The van der Waals surface area contributed by atoms with Gasteiger partial charge in [0.25, 0.3) is 0 Å². The van der Waals surface area contributed by atoms with Crippen LogP contribution in [0, 0.1) is 0 Å². The third-order valence-corrected chi connectivity index (χ3v) is 3.81. The molecular formula is C13H19N3O5. The molecule has 3 amide bonds. The first kappa shape index (κ1) is 15.4. The number of likely N-dealkylation sites (tertiary alicyclic amines) is 1. The lowest BCUT2D eigenvalue weighted by molar-refractivity contribution is -0.146. The Bertz CT molecular complexity index is 478. The Morgan fingerprint density at radius 2 is 2.10 bits per heavy atom. The molecule has 8 heteroatoms. The van der Waals surface area contributed by atoms with Crippen molar-refractivity contribution >= 4 is 23.7 Å². The van der Waals surface area contributed by atoms with Crippen LogP contribution in [-0.4, -0.2) is 70.3 Å². The smallest absolute Gasteiger partial charge is 0.305 e. The Morgan fingerprint density at radius 1 is 1.38 bits per heavy atom. The minimum absolute atomic E-state index is 0.0161. The molecule has 0 bridgehead atoms. The molecule has 2 unspecified atom stereocenters. The van der Waals surface area contributed by atoms with Gasteiger partial charge in [0.1, 0.15) is 6.04 Å². The molecule has 2 N–H and O–H groups in total. The van der Waals surface area contributed by atoms with E-state index in [1.807, 2.05) is 6.92 Å². The van der Waals surface area contributed by atoms with E-state index < -0.39 is 24.0 Å². The van der Waals surface area contributed by atoms with Crippen LogP contribution in [0.15, 0.2) is 0 Å². The molecule has 0 aliphatic carbocycles. The first-order valence-corrected chi connectivity index (χ1v) is 7.05. The highest BCUT2D eigenvalue weighted by Gasteiger charge is 2.46. The summed E-state index contributed by atoms with van der Waals surface area (Å²) in [7, 11) is 0. The Hall–Kier alpha value is -1.96. The minimum atomic E-state index is -1.11. The number of nitrogens with zero attached hydrogens (tertiary/aromatic N) is 2. The fraction of sp³-hybridized carbons (Fsp3) is 0.692. The molecule has 2 heterocycles. The quantitative estimate of drug-likeness (QED) is 0.617. The van der Waals surface area contributed by atoms with Gasteiger partial charge in [-0.15, -0.1) is 0 Å². The van der Waals surface area contributed by atoms with E-state index in [1.54, 1.807) is 4.90 Å². The molecule has 2 fully saturated rings. The highest BCUT2D eigenvalue weighted by molar-refractivity contribution is 6.06. The molecule has 8 nitrogen and oxygen atoms in total. The zero-order valence-corrected chi connectivity index (χ0v) is 11.9. The van der Waals surface area contributed by atoms with Crippen molar-refractivity contribution in [1.82, 2.24) is 15.1 Å². The third-order valence-electron chi connectivity index (χ3n) is 3.81. The number of hydrogen-bond donors (Lipinski definition) is 2. The molecule has 2 rings (SSSR count). The standard InChI is InChI=1S/C13H19N3O5/c1-2-4-16-10(17)6-9(13(16)21)15-5-3-14-12(20)8(15)7-11(18)19/h8-9H,2-7H2,1H3,(H,14,20)(H,18,19). The summed E-state index contributed by atoms with van der Waals surface area (Å²) in [5, 5.41) is 11.5. The van der Waals surface area contributed by atoms with Gasteiger partial charge in [0.15, 0.2) is 0 Å². The van der Waals surface area contributed by atoms with Gasteiger partial charge in [-0.2, -0.15) is 0 Å². The van der Waals surface area contributed by atoms with Gasteiger partial charge in [-0.05, 0) is 6.42 Å². The Balaban J connectivity index is 2.18. The number of carboxylic acid groups (broad SMARTS) is 1. The maximum atomic E-state index is 12.3. The van der Waals surface area contributed by atoms with Gasteiger partial charge < -0.3 is 10.4 Å². The number of carboxylic acids is 1. The Labute approximate surface area is 122 Å². The highest BCUT2D eigenvalue weighted by Crippen LogP contribution is 2.23. The summed E-state index contributed by atoms with van der Waals surface area (Å²) in [6.07, 6.45) is 0.309. The predicted octanol–water partition coefficient (Wildman–Crippen LogP) is -1.20. The number of rotatable bonds is 5. The predicted molar refractivity (Wildman–Crippen MR) is 71.2 cm³/mol. The maximum Gasteiger partial charge on any atom is 0.305 e. The van der Waals surface area contributed by atoms with Crippen molar-refractivity contribution in [3.8, 4) is 0 Å². The second-order valence-electron chi connectivity index (χ2n) is 5.25. The first-order chi connectivity index (χ1) is 9.95. The molecule has 116 valence electrons. The van der Waals surface area contributed by atoms with Gasteiger partial charge in [-0.1, -0.05) is 6.92 Å². The second-order valence-corrected chi connectivity index (χ2v) is 5.25. The Morgan fingerprint density at radius 3 is 2.71 bits per heavy atom. The fourth-order valence-electron chi connectivity index (χ4n) is 2.86. The van der Waals surface area contributed by atoms with Gasteiger partial charge in [0.05, 0.1) is 18.9 Å². The summed E-state index contributed by atoms with van der Waals surface area (Å²) in [6, 6.07) is -1.63. The van der Waals surface area contributed by atoms with Gasteiger partial charge in [-0.25, -0.2) is 0 Å². The molecule has 0 radical (unpaired) electrons. The molecule has 0 aromatic carbocycles. The lowest BCUT2D eigenvalue weighted by atomic mass is 10.0. The van der Waals surface area contributed by atoms with Crippen LogP contribution in [0.3, 0.4) is 0 Å². The summed E-state index contributed by atoms with van der Waals surface area (Å²) in [5.74, 6) is -2.10. The summed E-state index contributed by atoms with van der Waals surface area (Å²) in [5.41, 5.74) is 0. The summed E-state index contributed by atoms with van der Waals surface area (Å²) in [6.45, 7) is 2.95. The van der Waals surface area contributed by atoms with E-state index in [2.05, 4.69) is 5.32 Å². The van der Waals surface area contributed by atoms with Crippen molar-refractivity contribution in [3.63, 3.8) is 0 Å². The number of aliphatic carboxylic acids is 1. The minimum Gasteiger partial charge on any atom is -0.481 e. The number of hydrogen-bond acceptors (Lipinski definition) is 5. The van der Waals surface area contributed by atoms with Crippen LogP contribution in [0.2, 0.25) is 0 Å². The third kappa shape index (κ3) is 3.05. The largest absolute Gasteiger partial charge is 0.481 e. The fourth-order valence-corrected chi connectivity index (χ4v) is 2.86. The van der Waals surface area contributed by atoms with Crippen LogP contribution in [-0.2, 0) is 19.2 Å². The highest BCUT2D eigenvalue weighted by atomic mass is 16.4. The molecule has 0 spiro atoms. The molecule has 21 heavy (non-hydrogen) atoms. The van der Waals surface area contributed by atoms with Crippen molar-refractivity contribution in [2.45, 2.75) is 38.3 Å². The number of imide groups is 1. The van der Waals surface area contributed by atoms with Gasteiger partial charge >= 0.3 is 5.97 Å². The van der Waals surface area contributed by atoms with Crippen LogP contribution in [0.25, 0.3) is 0 Å². The van der Waals surface area contributed by atoms with Crippen LogP contribution < -0.4 is 5.32 Å². The first-order valence-electron chi connectivity index (χ1n) is 7.05. The molecule has 0 saturated carbocycles. The number of amides is 3. The van der Waals surface area contributed by atoms with E-state index in [1.165, 1.54) is 4.90 Å². The molecular weight excluding hydrogens is 278 g/mol. The number of carbonyl (C=O) groups excluding carboxylic acids is 3. The average molecular weight is 297 g/mol. The van der Waals surface area contributed by atoms with E-state index in [4.69, 9.17) is 5.11 Å². The van der Waals surface area contributed by atoms with Gasteiger partial charge in [-0.3, -0.25) is 29.0 Å². The molecule has 2 aliphatic heterocycles. The normalized spacial score (nSPS) is 27.1. The van der Waals surface area contributed by atoms with Crippen LogP contribution in [0.4, 0.5) is 0 Å². The topological polar surface area (TPSA) is 107 Å². The lowest BCUT2D eigenvalue weighted by Crippen LogP contribution is -2.60. The maximum absolute atomic E-state index is 12.3. The molecule has 2 aliphatic rings. The summed E-state index contributed by atoms with van der Waals surface area (Å²) < 4.78 is 0. The van der Waals surface area contributed by atoms with E-state index in [-0.39, 0.29) is 24.7 Å². The summed E-state index contributed by atoms with van der Waals surface area (Å²) >= 11 is 0. The number of carbonyl (C=O) groups is 4. The van der Waals surface area contributed by atoms with Gasteiger partial charge in [0.2, 0.25) is 17.7 Å². The van der Waals surface area contributed by atoms with Crippen LogP contribution in [0.5, 0.6) is 0 Å². The van der Waals surface area contributed by atoms with Gasteiger partial charge in [0, 0.05) is 19.6 Å². The molecule has 2 atom stereocenters. The zero-order chi connectivity index (χ0) is 15.6. The van der Waals surface area contributed by atoms with Crippen molar-refractivity contribution in [2.75, 3.05) is 19.6 Å². The molecule has 0 aromatic rings. The lowest BCUT2D eigenvalue weighted by Gasteiger charge is -2.37. The van der Waals surface area contributed by atoms with Crippen molar-refractivity contribution in [1.29, 1.82) is 0 Å². The van der Waals surface area contributed by atoms with Crippen LogP contribution in [0.1, 0.15) is 26.2 Å². The average Bonchev–Trinajstić information content (AvgIpc) is 2.69. The SMILES string of the molecule is CCCN1C(=O)CC(N2CCNC(=O)C2CC(=O)O)C1=O. The molecule has 2 saturated heterocycles. The van der Waals surface area contributed by atoms with E-state index in [0.29, 0.717) is 26.1 Å². The van der Waals surface area contributed by atoms with Crippen molar-refractivity contribution in [3.05, 3.63) is 0 Å². The van der Waals surface area contributed by atoms with E-state index in [0.717, 1.165) is 0 Å². The monoisotopic (exact) mass is 297 g/mol. The Kier molecular flexibility index (Phi) is 4.56.